The summed E-state index contributed by atoms with van der Waals surface area (Å²) < 4.78 is 11.1. The van der Waals surface area contributed by atoms with Crippen molar-refractivity contribution in [1.29, 1.82) is 0 Å². The average molecular weight is 557 g/mol. The van der Waals surface area contributed by atoms with E-state index in [1.54, 1.807) is 13.2 Å². The van der Waals surface area contributed by atoms with Crippen LogP contribution in [0.4, 0.5) is 0 Å². The van der Waals surface area contributed by atoms with Gasteiger partial charge in [-0.15, -0.1) is 0 Å². The van der Waals surface area contributed by atoms with Gasteiger partial charge in [0, 0.05) is 46.6 Å². The molecule has 40 heavy (non-hydrogen) atoms. The molecule has 1 aromatic heterocycles. The van der Waals surface area contributed by atoms with Crippen LogP contribution in [0.3, 0.4) is 0 Å². The zero-order chi connectivity index (χ0) is 27.6. The van der Waals surface area contributed by atoms with E-state index < -0.39 is 6.04 Å². The first kappa shape index (κ1) is 26.3. The molecule has 0 unspecified atom stereocenters. The van der Waals surface area contributed by atoms with Crippen LogP contribution in [0.25, 0.3) is 22.0 Å². The zero-order valence-electron chi connectivity index (χ0n) is 22.1. The molecule has 0 spiro atoms. The summed E-state index contributed by atoms with van der Waals surface area (Å²) in [6, 6.07) is 22.3. The second-order valence-electron chi connectivity index (χ2n) is 9.90. The first-order valence-electron chi connectivity index (χ1n) is 13.3. The quantitative estimate of drug-likeness (QED) is 0.366. The number of benzene rings is 3. The minimum atomic E-state index is -0.433. The van der Waals surface area contributed by atoms with E-state index in [4.69, 9.17) is 26.2 Å². The highest BCUT2D eigenvalue weighted by molar-refractivity contribution is 6.31. The second kappa shape index (κ2) is 11.3. The largest absolute Gasteiger partial charge is 0.496 e. The van der Waals surface area contributed by atoms with Crippen molar-refractivity contribution >= 4 is 34.1 Å². The summed E-state index contributed by atoms with van der Waals surface area (Å²) in [7, 11) is 1.61. The maximum absolute atomic E-state index is 13.8. The van der Waals surface area contributed by atoms with E-state index >= 15 is 0 Å². The van der Waals surface area contributed by atoms with Gasteiger partial charge in [0.25, 0.3) is 11.5 Å². The van der Waals surface area contributed by atoms with Crippen molar-refractivity contribution in [3.63, 3.8) is 0 Å². The Kier molecular flexibility index (Phi) is 7.38. The number of aromatic amines is 1. The number of ether oxygens (including phenoxy) is 2. The van der Waals surface area contributed by atoms with E-state index in [9.17, 15) is 9.59 Å². The maximum Gasteiger partial charge on any atom is 0.258 e. The lowest BCUT2D eigenvalue weighted by Crippen LogP contribution is -2.43. The first-order valence-corrected chi connectivity index (χ1v) is 13.6. The molecule has 1 atom stereocenters. The molecule has 8 nitrogen and oxygen atoms in total. The molecule has 1 amide bonds. The Labute approximate surface area is 236 Å². The number of aromatic nitrogens is 1. The standard InChI is InChI=1S/C31H29ClN4O4/c1-39-27-10-6-5-9-22(27)26-18-25(34-36(26)28(37)19-35-13-15-40-16-14-35)30-29(20-7-3-2-4-8-20)23-17-21(32)11-12-24(23)33-31(30)38/h2-12,17,26H,13-16,18-19H2,1H3,(H,33,38)/t26-/m0/s1. The van der Waals surface area contributed by atoms with Gasteiger partial charge >= 0.3 is 0 Å². The molecule has 9 heteroatoms. The fourth-order valence-corrected chi connectivity index (χ4v) is 5.72. The van der Waals surface area contributed by atoms with Gasteiger partial charge in [0.2, 0.25) is 0 Å². The molecule has 2 aliphatic heterocycles. The number of nitrogens with one attached hydrogen (secondary N) is 1. The summed E-state index contributed by atoms with van der Waals surface area (Å²) in [5.74, 6) is 0.518. The van der Waals surface area contributed by atoms with Gasteiger partial charge < -0.3 is 14.5 Å². The van der Waals surface area contributed by atoms with E-state index in [0.29, 0.717) is 60.3 Å². The Morgan fingerprint density at radius 2 is 1.80 bits per heavy atom. The smallest absolute Gasteiger partial charge is 0.258 e. The molecule has 1 saturated heterocycles. The van der Waals surface area contributed by atoms with Crippen LogP contribution in [0.1, 0.15) is 23.6 Å². The van der Waals surface area contributed by atoms with Crippen LogP contribution in [0, 0.1) is 0 Å². The van der Waals surface area contributed by atoms with Crippen LogP contribution >= 0.6 is 11.6 Å². The number of carbonyl (C=O) groups excluding carboxylic acids is 1. The number of nitrogens with zero attached hydrogens (tertiary/aromatic N) is 3. The lowest BCUT2D eigenvalue weighted by Gasteiger charge is -2.29. The number of methoxy groups -OCH3 is 1. The summed E-state index contributed by atoms with van der Waals surface area (Å²) in [6.45, 7) is 2.75. The summed E-state index contributed by atoms with van der Waals surface area (Å²) in [5.41, 5.74) is 3.81. The lowest BCUT2D eigenvalue weighted by molar-refractivity contribution is -0.135. The van der Waals surface area contributed by atoms with Crippen LogP contribution in [0.2, 0.25) is 5.02 Å². The zero-order valence-corrected chi connectivity index (χ0v) is 22.9. The van der Waals surface area contributed by atoms with Crippen molar-refractivity contribution in [1.82, 2.24) is 14.9 Å². The Hall–Kier alpha value is -3.98. The minimum Gasteiger partial charge on any atom is -0.496 e. The highest BCUT2D eigenvalue weighted by atomic mass is 35.5. The summed E-state index contributed by atoms with van der Waals surface area (Å²) >= 11 is 6.42. The Bertz CT molecular complexity index is 1650. The van der Waals surface area contributed by atoms with Gasteiger partial charge in [-0.2, -0.15) is 5.10 Å². The van der Waals surface area contributed by atoms with Gasteiger partial charge in [-0.05, 0) is 29.8 Å². The molecule has 1 fully saturated rings. The highest BCUT2D eigenvalue weighted by Crippen LogP contribution is 2.40. The van der Waals surface area contributed by atoms with E-state index in [1.165, 1.54) is 5.01 Å². The molecule has 0 saturated carbocycles. The van der Waals surface area contributed by atoms with Crippen molar-refractivity contribution in [2.75, 3.05) is 40.0 Å². The van der Waals surface area contributed by atoms with Gasteiger partial charge in [-0.3, -0.25) is 14.5 Å². The number of H-pyrrole nitrogens is 1. The van der Waals surface area contributed by atoms with E-state index in [2.05, 4.69) is 9.88 Å². The third-order valence-corrected chi connectivity index (χ3v) is 7.69. The van der Waals surface area contributed by atoms with Crippen LogP contribution in [-0.2, 0) is 9.53 Å². The molecule has 0 bridgehead atoms. The van der Waals surface area contributed by atoms with E-state index in [0.717, 1.165) is 22.1 Å². The molecule has 6 rings (SSSR count). The van der Waals surface area contributed by atoms with Crippen LogP contribution < -0.4 is 10.3 Å². The fraction of sp³-hybridized carbons (Fsp3) is 0.258. The number of pyridine rings is 1. The summed E-state index contributed by atoms with van der Waals surface area (Å²) in [4.78, 5) is 32.6. The molecular formula is C31H29ClN4O4. The molecule has 0 radical (unpaired) electrons. The van der Waals surface area contributed by atoms with Gasteiger partial charge in [-0.25, -0.2) is 5.01 Å². The molecule has 3 aromatic carbocycles. The third kappa shape index (κ3) is 5.01. The Balaban J connectivity index is 1.51. The van der Waals surface area contributed by atoms with Crippen LogP contribution in [-0.4, -0.2) is 66.5 Å². The molecule has 4 aromatic rings. The van der Waals surface area contributed by atoms with Crippen molar-refractivity contribution < 1.29 is 14.3 Å². The van der Waals surface area contributed by atoms with Crippen molar-refractivity contribution in [3.8, 4) is 16.9 Å². The number of morpholine rings is 1. The number of para-hydroxylation sites is 1. The monoisotopic (exact) mass is 556 g/mol. The SMILES string of the molecule is COc1ccccc1[C@@H]1CC(c2c(-c3ccccc3)c3cc(Cl)ccc3[nH]c2=O)=NN1C(=O)CN1CCOCC1. The number of rotatable bonds is 6. The molecule has 2 aliphatic rings. The normalized spacial score (nSPS) is 17.7. The van der Waals surface area contributed by atoms with Gasteiger partial charge in [0.15, 0.2) is 0 Å². The van der Waals surface area contributed by atoms with Crippen molar-refractivity contribution in [2.45, 2.75) is 12.5 Å². The number of fused-ring (bicyclic) bond motifs is 1. The molecule has 204 valence electrons. The topological polar surface area (TPSA) is 87.2 Å². The molecule has 0 aliphatic carbocycles. The molecular weight excluding hydrogens is 528 g/mol. The van der Waals surface area contributed by atoms with E-state index in [-0.39, 0.29) is 18.0 Å². The average Bonchev–Trinajstić information content (AvgIpc) is 3.42. The number of amides is 1. The highest BCUT2D eigenvalue weighted by Gasteiger charge is 2.37. The predicted octanol–water partition coefficient (Wildman–Crippen LogP) is 4.87. The molecule has 3 heterocycles. The summed E-state index contributed by atoms with van der Waals surface area (Å²) in [6.07, 6.45) is 0.351. The van der Waals surface area contributed by atoms with Crippen LogP contribution in [0.5, 0.6) is 5.75 Å². The number of hydrazone groups is 1. The number of halogens is 1. The predicted molar refractivity (Wildman–Crippen MR) is 156 cm³/mol. The Morgan fingerprint density at radius 3 is 2.58 bits per heavy atom. The van der Waals surface area contributed by atoms with Gasteiger partial charge in [0.05, 0.1) is 44.2 Å². The summed E-state index contributed by atoms with van der Waals surface area (Å²) in [5, 5.41) is 7.76. The third-order valence-electron chi connectivity index (χ3n) is 7.45. The second-order valence-corrected chi connectivity index (χ2v) is 10.3. The van der Waals surface area contributed by atoms with Crippen molar-refractivity contribution in [2.24, 2.45) is 5.10 Å². The fourth-order valence-electron chi connectivity index (χ4n) is 5.54. The number of carbonyl (C=O) groups is 1. The van der Waals surface area contributed by atoms with Gasteiger partial charge in [-0.1, -0.05) is 60.1 Å². The maximum atomic E-state index is 13.8. The Morgan fingerprint density at radius 1 is 1.05 bits per heavy atom. The number of hydrogen-bond donors (Lipinski definition) is 1. The van der Waals surface area contributed by atoms with Gasteiger partial charge in [0.1, 0.15) is 5.75 Å². The number of hydrogen-bond acceptors (Lipinski definition) is 6. The lowest BCUT2D eigenvalue weighted by atomic mass is 9.91. The first-order chi connectivity index (χ1) is 19.5. The van der Waals surface area contributed by atoms with E-state index in [1.807, 2.05) is 66.7 Å². The molecule has 1 N–H and O–H groups in total. The minimum absolute atomic E-state index is 0.144. The van der Waals surface area contributed by atoms with Crippen molar-refractivity contribution in [3.05, 3.63) is 99.3 Å². The van der Waals surface area contributed by atoms with Crippen LogP contribution in [0.15, 0.2) is 82.7 Å².